The minimum atomic E-state index is -3.38. The lowest BCUT2D eigenvalue weighted by molar-refractivity contribution is 0.415. The molecule has 0 saturated carbocycles. The van der Waals surface area contributed by atoms with Crippen molar-refractivity contribution >= 4 is 15.7 Å². The Kier molecular flexibility index (Phi) is 3.74. The van der Waals surface area contributed by atoms with Crippen LogP contribution >= 0.6 is 0 Å². The first-order valence-corrected chi connectivity index (χ1v) is 5.91. The Bertz CT molecular complexity index is 434. The maximum absolute atomic E-state index is 11.3. The number of ether oxygens (including phenoxy) is 1. The average molecular weight is 227 g/mol. The van der Waals surface area contributed by atoms with Crippen molar-refractivity contribution < 1.29 is 13.2 Å². The third-order valence-corrected chi connectivity index (χ3v) is 2.82. The summed E-state index contributed by atoms with van der Waals surface area (Å²) in [5, 5.41) is 1.11. The van der Waals surface area contributed by atoms with E-state index in [4.69, 9.17) is 4.74 Å². The number of nitrogens with one attached hydrogen (secondary N) is 1. The summed E-state index contributed by atoms with van der Waals surface area (Å²) in [7, 11) is -1.82. The highest BCUT2D eigenvalue weighted by molar-refractivity contribution is 7.95. The lowest BCUT2D eigenvalue weighted by Crippen LogP contribution is -2.08. The molecule has 0 aliphatic rings. The van der Waals surface area contributed by atoms with Gasteiger partial charge in [-0.25, -0.2) is 8.42 Å². The van der Waals surface area contributed by atoms with E-state index in [0.717, 1.165) is 5.41 Å². The van der Waals surface area contributed by atoms with Gasteiger partial charge in [-0.15, -0.1) is 0 Å². The van der Waals surface area contributed by atoms with E-state index >= 15 is 0 Å². The van der Waals surface area contributed by atoms with Crippen molar-refractivity contribution in [2.75, 3.05) is 11.8 Å². The fourth-order valence-electron chi connectivity index (χ4n) is 1.04. The van der Waals surface area contributed by atoms with Crippen molar-refractivity contribution in [1.29, 1.82) is 0 Å². The monoisotopic (exact) mass is 227 g/mol. The second kappa shape index (κ2) is 4.84. The first-order valence-electron chi connectivity index (χ1n) is 4.37. The maximum Gasteiger partial charge on any atom is 0.254 e. The molecule has 1 rings (SSSR count). The lowest BCUT2D eigenvalue weighted by Gasteiger charge is -2.05. The van der Waals surface area contributed by atoms with Crippen LogP contribution in [0.25, 0.3) is 0 Å². The SMILES string of the molecule is C/C=C/S(=O)(=O)Nc1ccc(OC)cc1. The Morgan fingerprint density at radius 2 is 1.87 bits per heavy atom. The van der Waals surface area contributed by atoms with Crippen LogP contribution in [-0.2, 0) is 10.0 Å². The smallest absolute Gasteiger partial charge is 0.254 e. The van der Waals surface area contributed by atoms with Gasteiger partial charge in [0.1, 0.15) is 5.75 Å². The van der Waals surface area contributed by atoms with E-state index in [1.807, 2.05) is 0 Å². The minimum Gasteiger partial charge on any atom is -0.497 e. The highest BCUT2D eigenvalue weighted by atomic mass is 32.2. The molecular formula is C10H13NO3S. The summed E-state index contributed by atoms with van der Waals surface area (Å²) in [6, 6.07) is 6.65. The first kappa shape index (κ1) is 11.6. The van der Waals surface area contributed by atoms with Crippen LogP contribution in [0.4, 0.5) is 5.69 Å². The van der Waals surface area contributed by atoms with Crippen LogP contribution in [0.15, 0.2) is 35.7 Å². The Morgan fingerprint density at radius 3 is 2.33 bits per heavy atom. The Hall–Kier alpha value is -1.49. The number of benzene rings is 1. The summed E-state index contributed by atoms with van der Waals surface area (Å²) < 4.78 is 30.0. The number of allylic oxidation sites excluding steroid dienone is 1. The fraction of sp³-hybridized carbons (Fsp3) is 0.200. The molecule has 0 amide bonds. The van der Waals surface area contributed by atoms with Gasteiger partial charge >= 0.3 is 0 Å². The predicted octanol–water partition coefficient (Wildman–Crippen LogP) is 1.97. The second-order valence-corrected chi connectivity index (χ2v) is 4.41. The van der Waals surface area contributed by atoms with E-state index in [2.05, 4.69) is 4.72 Å². The van der Waals surface area contributed by atoms with Crippen LogP contribution in [0.2, 0.25) is 0 Å². The van der Waals surface area contributed by atoms with E-state index in [1.165, 1.54) is 6.08 Å². The normalized spacial score (nSPS) is 11.6. The third kappa shape index (κ3) is 3.63. The molecule has 0 aliphatic heterocycles. The standard InChI is InChI=1S/C10H13NO3S/c1-3-8-15(12,13)11-9-4-6-10(14-2)7-5-9/h3-8,11H,1-2H3/b8-3+. The second-order valence-electron chi connectivity index (χ2n) is 2.84. The number of sulfonamides is 1. The van der Waals surface area contributed by atoms with Crippen molar-refractivity contribution in [2.24, 2.45) is 0 Å². The van der Waals surface area contributed by atoms with Gasteiger partial charge in [0, 0.05) is 11.1 Å². The van der Waals surface area contributed by atoms with Crippen LogP contribution in [0.3, 0.4) is 0 Å². The molecule has 0 spiro atoms. The van der Waals surface area contributed by atoms with E-state index in [1.54, 1.807) is 38.3 Å². The summed E-state index contributed by atoms with van der Waals surface area (Å²) >= 11 is 0. The Labute approximate surface area is 89.6 Å². The largest absolute Gasteiger partial charge is 0.497 e. The minimum absolute atomic E-state index is 0.508. The zero-order valence-electron chi connectivity index (χ0n) is 8.60. The topological polar surface area (TPSA) is 55.4 Å². The number of methoxy groups -OCH3 is 1. The number of hydrogen-bond donors (Lipinski definition) is 1. The van der Waals surface area contributed by atoms with Crippen LogP contribution in [-0.4, -0.2) is 15.5 Å². The van der Waals surface area contributed by atoms with Gasteiger partial charge in [0.15, 0.2) is 0 Å². The molecule has 0 aromatic heterocycles. The van der Waals surface area contributed by atoms with Crippen LogP contribution in [0.5, 0.6) is 5.75 Å². The molecule has 0 aliphatic carbocycles. The predicted molar refractivity (Wildman–Crippen MR) is 60.4 cm³/mol. The van der Waals surface area contributed by atoms with Gasteiger partial charge < -0.3 is 4.74 Å². The highest BCUT2D eigenvalue weighted by Gasteiger charge is 2.04. The average Bonchev–Trinajstić information content (AvgIpc) is 2.18. The molecule has 1 N–H and O–H groups in total. The molecule has 0 atom stereocenters. The molecule has 1 aromatic carbocycles. The van der Waals surface area contributed by atoms with Crippen molar-refractivity contribution in [3.05, 3.63) is 35.7 Å². The molecule has 0 unspecified atom stereocenters. The van der Waals surface area contributed by atoms with Gasteiger partial charge in [-0.1, -0.05) is 6.08 Å². The zero-order valence-corrected chi connectivity index (χ0v) is 9.41. The van der Waals surface area contributed by atoms with E-state index in [9.17, 15) is 8.42 Å². The fourth-order valence-corrected chi connectivity index (χ4v) is 1.93. The Balaban J connectivity index is 2.82. The van der Waals surface area contributed by atoms with Crippen LogP contribution in [0.1, 0.15) is 6.92 Å². The van der Waals surface area contributed by atoms with Gasteiger partial charge in [0.25, 0.3) is 10.0 Å². The van der Waals surface area contributed by atoms with Crippen molar-refractivity contribution in [3.8, 4) is 5.75 Å². The van der Waals surface area contributed by atoms with Gasteiger partial charge in [0.2, 0.25) is 0 Å². The number of anilines is 1. The summed E-state index contributed by atoms with van der Waals surface area (Å²) in [6.07, 6.45) is 1.46. The molecule has 0 radical (unpaired) electrons. The molecule has 0 fully saturated rings. The van der Waals surface area contributed by atoms with E-state index < -0.39 is 10.0 Å². The van der Waals surface area contributed by atoms with Crippen molar-refractivity contribution in [1.82, 2.24) is 0 Å². The van der Waals surface area contributed by atoms with Gasteiger partial charge in [0.05, 0.1) is 7.11 Å². The summed E-state index contributed by atoms with van der Waals surface area (Å²) in [5.74, 6) is 0.684. The van der Waals surface area contributed by atoms with Crippen molar-refractivity contribution in [2.45, 2.75) is 6.92 Å². The van der Waals surface area contributed by atoms with Gasteiger partial charge in [-0.05, 0) is 31.2 Å². The molecule has 0 heterocycles. The van der Waals surface area contributed by atoms with Gasteiger partial charge in [-0.2, -0.15) is 0 Å². The van der Waals surface area contributed by atoms with Crippen LogP contribution in [0, 0.1) is 0 Å². The molecule has 0 bridgehead atoms. The van der Waals surface area contributed by atoms with Crippen LogP contribution < -0.4 is 9.46 Å². The van der Waals surface area contributed by atoms with E-state index in [0.29, 0.717) is 11.4 Å². The molecule has 4 nitrogen and oxygen atoms in total. The van der Waals surface area contributed by atoms with Gasteiger partial charge in [-0.3, -0.25) is 4.72 Å². The van der Waals surface area contributed by atoms with Crippen molar-refractivity contribution in [3.63, 3.8) is 0 Å². The Morgan fingerprint density at radius 1 is 1.27 bits per heavy atom. The molecule has 82 valence electrons. The molecule has 1 aromatic rings. The lowest BCUT2D eigenvalue weighted by atomic mass is 10.3. The quantitative estimate of drug-likeness (QED) is 0.855. The van der Waals surface area contributed by atoms with E-state index in [-0.39, 0.29) is 0 Å². The third-order valence-electron chi connectivity index (χ3n) is 1.67. The maximum atomic E-state index is 11.3. The molecule has 0 saturated heterocycles. The first-order chi connectivity index (χ1) is 7.07. The summed E-state index contributed by atoms with van der Waals surface area (Å²) in [6.45, 7) is 1.65. The summed E-state index contributed by atoms with van der Waals surface area (Å²) in [4.78, 5) is 0. The number of hydrogen-bond acceptors (Lipinski definition) is 3. The number of rotatable bonds is 4. The molecular weight excluding hydrogens is 214 g/mol. The zero-order chi connectivity index (χ0) is 11.3. The summed E-state index contributed by atoms with van der Waals surface area (Å²) in [5.41, 5.74) is 0.508. The highest BCUT2D eigenvalue weighted by Crippen LogP contribution is 2.16. The molecule has 15 heavy (non-hydrogen) atoms. The molecule has 5 heteroatoms.